The zero-order valence-electron chi connectivity index (χ0n) is 18.9. The summed E-state index contributed by atoms with van der Waals surface area (Å²) in [6, 6.07) is 5.56. The van der Waals surface area contributed by atoms with Crippen molar-refractivity contribution >= 4 is 45.7 Å². The van der Waals surface area contributed by atoms with Gasteiger partial charge in [0.05, 0.1) is 39.6 Å². The van der Waals surface area contributed by atoms with Crippen LogP contribution in [0.5, 0.6) is 5.75 Å². The summed E-state index contributed by atoms with van der Waals surface area (Å²) in [5.74, 6) is 0.178. The Morgan fingerprint density at radius 3 is 2.69 bits per heavy atom. The number of nitrogens with one attached hydrogen (secondary N) is 2. The first kappa shape index (κ1) is 23.6. The molecule has 1 aliphatic carbocycles. The third kappa shape index (κ3) is 4.98. The minimum atomic E-state index is -0.439. The van der Waals surface area contributed by atoms with Gasteiger partial charge in [-0.1, -0.05) is 23.2 Å². The first-order chi connectivity index (χ1) is 16.9. The topological polar surface area (TPSA) is 118 Å². The Morgan fingerprint density at radius 2 is 1.94 bits per heavy atom. The number of aromatic amines is 1. The molecule has 3 aromatic heterocycles. The number of anilines is 1. The first-order valence-corrected chi connectivity index (χ1v) is 12.1. The van der Waals surface area contributed by atoms with E-state index in [0.29, 0.717) is 37.9 Å². The first-order valence-electron chi connectivity index (χ1n) is 11.4. The number of hydrogen-bond donors (Lipinski definition) is 3. The molecule has 0 saturated heterocycles. The fraction of sp³-hybridized carbons (Fsp3) is 0.333. The number of benzene rings is 1. The van der Waals surface area contributed by atoms with Gasteiger partial charge in [-0.25, -0.2) is 0 Å². The number of carbonyl (C=O) groups is 1. The quantitative estimate of drug-likeness (QED) is 0.320. The fourth-order valence-electron chi connectivity index (χ4n) is 4.43. The van der Waals surface area contributed by atoms with Gasteiger partial charge in [0, 0.05) is 29.5 Å². The second-order valence-electron chi connectivity index (χ2n) is 8.68. The predicted octanol–water partition coefficient (Wildman–Crippen LogP) is 5.33. The highest BCUT2D eigenvalue weighted by Gasteiger charge is 2.22. The van der Waals surface area contributed by atoms with Crippen molar-refractivity contribution < 1.29 is 14.6 Å². The maximum absolute atomic E-state index is 13.0. The molecule has 0 radical (unpaired) electrons. The van der Waals surface area contributed by atoms with Crippen LogP contribution in [0.15, 0.2) is 43.0 Å². The van der Waals surface area contributed by atoms with Crippen LogP contribution < -0.4 is 10.1 Å². The Hall–Kier alpha value is -3.14. The summed E-state index contributed by atoms with van der Waals surface area (Å²) in [5.41, 5.74) is 2.16. The molecular weight excluding hydrogens is 491 g/mol. The maximum atomic E-state index is 13.0. The molecule has 5 rings (SSSR count). The average Bonchev–Trinajstić information content (AvgIpc) is 3.46. The van der Waals surface area contributed by atoms with E-state index in [-0.39, 0.29) is 23.7 Å². The van der Waals surface area contributed by atoms with Gasteiger partial charge in [0.15, 0.2) is 5.69 Å². The number of amides is 1. The number of aliphatic hydroxyl groups excluding tert-OH is 1. The molecule has 1 atom stereocenters. The van der Waals surface area contributed by atoms with Crippen LogP contribution in [0, 0.1) is 0 Å². The van der Waals surface area contributed by atoms with Crippen LogP contribution in [0.4, 0.5) is 5.69 Å². The molecule has 35 heavy (non-hydrogen) atoms. The SMILES string of the molecule is CC(Oc1ccc2[nH]nc(C(=O)Nc3cnn(C4CCC(O)CC4)c3)c2c1)c1c(Cl)cncc1Cl. The van der Waals surface area contributed by atoms with Crippen LogP contribution in [0.2, 0.25) is 10.0 Å². The van der Waals surface area contributed by atoms with Crippen molar-refractivity contribution in [2.45, 2.75) is 50.9 Å². The molecule has 0 bridgehead atoms. The standard InChI is InChI=1S/C24H24Cl2N6O3/c1-13(22-19(25)10-27-11-20(22)26)35-17-6-7-21-18(8-17)23(31-30-21)24(34)29-14-9-28-32(12-14)15-2-4-16(33)5-3-15/h6-13,15-16,33H,2-5H2,1H3,(H,29,34)(H,30,31). The van der Waals surface area contributed by atoms with Crippen molar-refractivity contribution in [3.8, 4) is 5.75 Å². The molecule has 0 spiro atoms. The number of aliphatic hydroxyl groups is 1. The lowest BCUT2D eigenvalue weighted by Crippen LogP contribution is -2.21. The number of hydrogen-bond acceptors (Lipinski definition) is 6. The lowest BCUT2D eigenvalue weighted by Gasteiger charge is -2.25. The van der Waals surface area contributed by atoms with Gasteiger partial charge in [-0.2, -0.15) is 10.2 Å². The summed E-state index contributed by atoms with van der Waals surface area (Å²) in [6.07, 6.45) is 9.03. The largest absolute Gasteiger partial charge is 0.486 e. The predicted molar refractivity (Wildman–Crippen MR) is 133 cm³/mol. The highest BCUT2D eigenvalue weighted by atomic mass is 35.5. The number of halogens is 2. The van der Waals surface area contributed by atoms with E-state index in [1.165, 1.54) is 12.4 Å². The van der Waals surface area contributed by atoms with Crippen LogP contribution in [0.25, 0.3) is 10.9 Å². The second-order valence-corrected chi connectivity index (χ2v) is 9.50. The third-order valence-corrected chi connectivity index (χ3v) is 6.86. The van der Waals surface area contributed by atoms with Gasteiger partial charge in [-0.05, 0) is 50.8 Å². The minimum absolute atomic E-state index is 0.222. The van der Waals surface area contributed by atoms with E-state index in [4.69, 9.17) is 27.9 Å². The number of nitrogens with zero attached hydrogens (tertiary/aromatic N) is 4. The van der Waals surface area contributed by atoms with Crippen molar-refractivity contribution in [1.29, 1.82) is 0 Å². The molecule has 182 valence electrons. The number of carbonyl (C=O) groups excluding carboxylic acids is 1. The van der Waals surface area contributed by atoms with Crippen molar-refractivity contribution in [1.82, 2.24) is 25.0 Å². The van der Waals surface area contributed by atoms with Crippen LogP contribution in [0.3, 0.4) is 0 Å². The van der Waals surface area contributed by atoms with Crippen LogP contribution >= 0.6 is 23.2 Å². The van der Waals surface area contributed by atoms with E-state index in [1.807, 2.05) is 17.8 Å². The van der Waals surface area contributed by atoms with Gasteiger partial charge < -0.3 is 15.2 Å². The highest BCUT2D eigenvalue weighted by Crippen LogP contribution is 2.33. The molecular formula is C24H24Cl2N6O3. The molecule has 0 aliphatic heterocycles. The van der Waals surface area contributed by atoms with E-state index < -0.39 is 6.10 Å². The molecule has 9 nitrogen and oxygen atoms in total. The summed E-state index contributed by atoms with van der Waals surface area (Å²) in [7, 11) is 0. The van der Waals surface area contributed by atoms with Gasteiger partial charge in [-0.3, -0.25) is 19.6 Å². The summed E-state index contributed by atoms with van der Waals surface area (Å²) in [4.78, 5) is 17.0. The van der Waals surface area contributed by atoms with E-state index in [1.54, 1.807) is 24.4 Å². The lowest BCUT2D eigenvalue weighted by atomic mass is 9.93. The Balaban J connectivity index is 1.32. The molecule has 1 aliphatic rings. The Morgan fingerprint density at radius 1 is 1.20 bits per heavy atom. The highest BCUT2D eigenvalue weighted by molar-refractivity contribution is 6.35. The van der Waals surface area contributed by atoms with Gasteiger partial charge in [-0.15, -0.1) is 0 Å². The van der Waals surface area contributed by atoms with Crippen LogP contribution in [-0.4, -0.2) is 42.1 Å². The Kier molecular flexibility index (Phi) is 6.64. The van der Waals surface area contributed by atoms with Crippen molar-refractivity contribution in [3.05, 3.63) is 64.3 Å². The van der Waals surface area contributed by atoms with E-state index in [9.17, 15) is 9.90 Å². The van der Waals surface area contributed by atoms with E-state index in [2.05, 4.69) is 25.6 Å². The maximum Gasteiger partial charge on any atom is 0.276 e. The number of rotatable bonds is 6. The molecule has 1 aromatic carbocycles. The van der Waals surface area contributed by atoms with Crippen molar-refractivity contribution in [3.63, 3.8) is 0 Å². The summed E-state index contributed by atoms with van der Waals surface area (Å²) >= 11 is 12.5. The number of pyridine rings is 1. The average molecular weight is 515 g/mol. The van der Waals surface area contributed by atoms with Gasteiger partial charge in [0.1, 0.15) is 11.9 Å². The smallest absolute Gasteiger partial charge is 0.276 e. The monoisotopic (exact) mass is 514 g/mol. The molecule has 3 heterocycles. The number of aromatic nitrogens is 5. The summed E-state index contributed by atoms with van der Waals surface area (Å²) < 4.78 is 7.92. The molecule has 3 N–H and O–H groups in total. The minimum Gasteiger partial charge on any atom is -0.486 e. The second kappa shape index (κ2) is 9.85. The van der Waals surface area contributed by atoms with Crippen LogP contribution in [-0.2, 0) is 0 Å². The Labute approximate surface area is 211 Å². The van der Waals surface area contributed by atoms with E-state index >= 15 is 0 Å². The zero-order valence-corrected chi connectivity index (χ0v) is 20.4. The van der Waals surface area contributed by atoms with Crippen molar-refractivity contribution in [2.24, 2.45) is 0 Å². The number of H-pyrrole nitrogens is 1. The number of ether oxygens (including phenoxy) is 1. The Bertz CT molecular complexity index is 1340. The van der Waals surface area contributed by atoms with Crippen LogP contribution in [0.1, 0.15) is 60.8 Å². The van der Waals surface area contributed by atoms with Gasteiger partial charge in [0.2, 0.25) is 0 Å². The molecule has 1 unspecified atom stereocenters. The zero-order chi connectivity index (χ0) is 24.5. The molecule has 4 aromatic rings. The van der Waals surface area contributed by atoms with Crippen molar-refractivity contribution in [2.75, 3.05) is 5.32 Å². The lowest BCUT2D eigenvalue weighted by molar-refractivity contribution is 0.102. The third-order valence-electron chi connectivity index (χ3n) is 6.26. The van der Waals surface area contributed by atoms with Gasteiger partial charge >= 0.3 is 0 Å². The summed E-state index contributed by atoms with van der Waals surface area (Å²) in [5, 5.41) is 25.5. The molecule has 1 saturated carbocycles. The molecule has 1 amide bonds. The molecule has 1 fully saturated rings. The fourth-order valence-corrected chi connectivity index (χ4v) is 5.10. The number of fused-ring (bicyclic) bond motifs is 1. The summed E-state index contributed by atoms with van der Waals surface area (Å²) in [6.45, 7) is 1.84. The molecule has 11 heteroatoms. The van der Waals surface area contributed by atoms with Gasteiger partial charge in [0.25, 0.3) is 5.91 Å². The normalized spacial score (nSPS) is 19.0. The van der Waals surface area contributed by atoms with E-state index in [0.717, 1.165) is 25.7 Å².